The van der Waals surface area contributed by atoms with Crippen LogP contribution in [0, 0.1) is 0 Å². The van der Waals surface area contributed by atoms with Gasteiger partial charge in [0.15, 0.2) is 0 Å². The molecule has 2 saturated heterocycles. The molecular weight excluding hydrogens is 301 g/mol. The highest BCUT2D eigenvalue weighted by atomic mass is 35.5. The first kappa shape index (κ1) is 17.1. The molecular formula is C12H19Cl2N5O. The highest BCUT2D eigenvalue weighted by molar-refractivity contribution is 5.92. The quantitative estimate of drug-likeness (QED) is 0.792. The lowest BCUT2D eigenvalue weighted by Crippen LogP contribution is -2.61. The molecule has 6 nitrogen and oxygen atoms in total. The SMILES string of the molecule is Cl.Cl.O=C(c1cnccn1)N1CCN2CCNCC2C1. The Morgan fingerprint density at radius 3 is 2.85 bits per heavy atom. The van der Waals surface area contributed by atoms with Crippen molar-refractivity contribution in [3.8, 4) is 0 Å². The molecule has 112 valence electrons. The number of hydrogen-bond donors (Lipinski definition) is 1. The van der Waals surface area contributed by atoms with E-state index in [4.69, 9.17) is 0 Å². The zero-order chi connectivity index (χ0) is 12.4. The lowest BCUT2D eigenvalue weighted by atomic mass is 10.1. The molecule has 1 aromatic rings. The number of aromatic nitrogens is 2. The van der Waals surface area contributed by atoms with E-state index in [2.05, 4.69) is 20.2 Å². The van der Waals surface area contributed by atoms with E-state index in [0.29, 0.717) is 11.7 Å². The second kappa shape index (κ2) is 7.73. The second-order valence-electron chi connectivity index (χ2n) is 4.74. The van der Waals surface area contributed by atoms with Crippen molar-refractivity contribution >= 4 is 30.7 Å². The molecule has 0 radical (unpaired) electrons. The van der Waals surface area contributed by atoms with Gasteiger partial charge in [-0.2, -0.15) is 0 Å². The van der Waals surface area contributed by atoms with Crippen LogP contribution in [0.25, 0.3) is 0 Å². The number of piperazine rings is 2. The first-order valence-electron chi connectivity index (χ1n) is 6.34. The zero-order valence-corrected chi connectivity index (χ0v) is 12.7. The van der Waals surface area contributed by atoms with Gasteiger partial charge in [0.2, 0.25) is 0 Å². The number of amides is 1. The van der Waals surface area contributed by atoms with E-state index in [1.165, 1.54) is 6.20 Å². The lowest BCUT2D eigenvalue weighted by Gasteiger charge is -2.44. The van der Waals surface area contributed by atoms with Crippen molar-refractivity contribution in [2.75, 3.05) is 39.3 Å². The number of hydrogen-bond acceptors (Lipinski definition) is 5. The van der Waals surface area contributed by atoms with E-state index in [9.17, 15) is 4.79 Å². The van der Waals surface area contributed by atoms with Gasteiger partial charge in [0.1, 0.15) is 5.69 Å². The van der Waals surface area contributed by atoms with Crippen molar-refractivity contribution in [3.05, 3.63) is 24.3 Å². The molecule has 1 aromatic heterocycles. The fourth-order valence-electron chi connectivity index (χ4n) is 2.63. The van der Waals surface area contributed by atoms with Crippen LogP contribution in [-0.4, -0.2) is 71.0 Å². The van der Waals surface area contributed by atoms with Gasteiger partial charge in [0.25, 0.3) is 5.91 Å². The minimum atomic E-state index is -0.00618. The topological polar surface area (TPSA) is 61.4 Å². The van der Waals surface area contributed by atoms with E-state index in [0.717, 1.165) is 39.3 Å². The average molecular weight is 320 g/mol. The third-order valence-corrected chi connectivity index (χ3v) is 3.63. The standard InChI is InChI=1S/C12H17N5O.2ClH/c18-12(11-8-13-1-2-15-11)17-6-5-16-4-3-14-7-10(16)9-17;;/h1-2,8,10,14H,3-7,9H2;2*1H. The molecule has 0 aromatic carbocycles. The molecule has 0 saturated carbocycles. The summed E-state index contributed by atoms with van der Waals surface area (Å²) in [4.78, 5) is 24.6. The first-order chi connectivity index (χ1) is 8.84. The minimum absolute atomic E-state index is 0. The van der Waals surface area contributed by atoms with Crippen molar-refractivity contribution < 1.29 is 4.79 Å². The van der Waals surface area contributed by atoms with Crippen LogP contribution in [0.1, 0.15) is 10.5 Å². The largest absolute Gasteiger partial charge is 0.334 e. The highest BCUT2D eigenvalue weighted by Crippen LogP contribution is 2.13. The molecule has 1 amide bonds. The zero-order valence-electron chi connectivity index (χ0n) is 11.1. The van der Waals surface area contributed by atoms with Gasteiger partial charge in [-0.3, -0.25) is 14.7 Å². The number of carbonyl (C=O) groups is 1. The number of rotatable bonds is 1. The molecule has 1 atom stereocenters. The third-order valence-electron chi connectivity index (χ3n) is 3.63. The summed E-state index contributed by atoms with van der Waals surface area (Å²) in [6.07, 6.45) is 4.68. The van der Waals surface area contributed by atoms with E-state index in [-0.39, 0.29) is 30.7 Å². The molecule has 2 aliphatic rings. The van der Waals surface area contributed by atoms with Gasteiger partial charge in [-0.25, -0.2) is 4.98 Å². The van der Waals surface area contributed by atoms with E-state index in [1.54, 1.807) is 12.4 Å². The van der Waals surface area contributed by atoms with Crippen LogP contribution in [0.2, 0.25) is 0 Å². The van der Waals surface area contributed by atoms with Crippen LogP contribution in [0.5, 0.6) is 0 Å². The molecule has 0 spiro atoms. The molecule has 2 fully saturated rings. The Labute approximate surface area is 130 Å². The monoisotopic (exact) mass is 319 g/mol. The molecule has 1 unspecified atom stereocenters. The summed E-state index contributed by atoms with van der Waals surface area (Å²) in [5.74, 6) is -0.00618. The number of nitrogens with zero attached hydrogens (tertiary/aromatic N) is 4. The van der Waals surface area contributed by atoms with Gasteiger partial charge in [-0.1, -0.05) is 0 Å². The highest BCUT2D eigenvalue weighted by Gasteiger charge is 2.31. The van der Waals surface area contributed by atoms with Crippen LogP contribution < -0.4 is 5.32 Å². The Morgan fingerprint density at radius 2 is 2.10 bits per heavy atom. The van der Waals surface area contributed by atoms with Gasteiger partial charge < -0.3 is 10.2 Å². The normalized spacial score (nSPS) is 22.2. The second-order valence-corrected chi connectivity index (χ2v) is 4.74. The first-order valence-corrected chi connectivity index (χ1v) is 6.34. The predicted octanol–water partition coefficient (Wildman–Crippen LogP) is 0.0498. The van der Waals surface area contributed by atoms with Crippen molar-refractivity contribution in [1.82, 2.24) is 25.1 Å². The summed E-state index contributed by atoms with van der Waals surface area (Å²) in [5.41, 5.74) is 0.440. The van der Waals surface area contributed by atoms with Crippen LogP contribution in [-0.2, 0) is 0 Å². The maximum Gasteiger partial charge on any atom is 0.274 e. The predicted molar refractivity (Wildman–Crippen MR) is 80.7 cm³/mol. The van der Waals surface area contributed by atoms with Crippen molar-refractivity contribution in [1.29, 1.82) is 0 Å². The molecule has 8 heteroatoms. The smallest absolute Gasteiger partial charge is 0.274 e. The number of carbonyl (C=O) groups excluding carboxylic acids is 1. The number of nitrogens with one attached hydrogen (secondary N) is 1. The van der Waals surface area contributed by atoms with Gasteiger partial charge in [-0.05, 0) is 0 Å². The molecule has 3 heterocycles. The number of fused-ring (bicyclic) bond motifs is 1. The van der Waals surface area contributed by atoms with Crippen molar-refractivity contribution in [2.24, 2.45) is 0 Å². The molecule has 0 aliphatic carbocycles. The van der Waals surface area contributed by atoms with Gasteiger partial charge >= 0.3 is 0 Å². The third kappa shape index (κ3) is 3.58. The maximum atomic E-state index is 12.3. The van der Waals surface area contributed by atoms with E-state index >= 15 is 0 Å². The maximum absolute atomic E-state index is 12.3. The lowest BCUT2D eigenvalue weighted by molar-refractivity contribution is 0.0411. The summed E-state index contributed by atoms with van der Waals surface area (Å²) in [6, 6.07) is 0.438. The Balaban J connectivity index is 0.000001000. The molecule has 3 rings (SSSR count). The van der Waals surface area contributed by atoms with E-state index < -0.39 is 0 Å². The van der Waals surface area contributed by atoms with Gasteiger partial charge in [0, 0.05) is 57.7 Å². The Bertz CT molecular complexity index is 433. The fraction of sp³-hybridized carbons (Fsp3) is 0.583. The molecule has 1 N–H and O–H groups in total. The molecule has 0 bridgehead atoms. The molecule has 20 heavy (non-hydrogen) atoms. The van der Waals surface area contributed by atoms with Crippen LogP contribution >= 0.6 is 24.8 Å². The van der Waals surface area contributed by atoms with Crippen LogP contribution in [0.3, 0.4) is 0 Å². The minimum Gasteiger partial charge on any atom is -0.334 e. The van der Waals surface area contributed by atoms with Gasteiger partial charge in [0.05, 0.1) is 6.20 Å². The van der Waals surface area contributed by atoms with Gasteiger partial charge in [-0.15, -0.1) is 24.8 Å². The fourth-order valence-corrected chi connectivity index (χ4v) is 2.63. The van der Waals surface area contributed by atoms with E-state index in [1.807, 2.05) is 4.90 Å². The van der Waals surface area contributed by atoms with Crippen LogP contribution in [0.15, 0.2) is 18.6 Å². The summed E-state index contributed by atoms with van der Waals surface area (Å²) < 4.78 is 0. The summed E-state index contributed by atoms with van der Waals surface area (Å²) in [5, 5.41) is 3.38. The average Bonchev–Trinajstić information content (AvgIpc) is 2.47. The Kier molecular flexibility index (Phi) is 6.61. The van der Waals surface area contributed by atoms with Crippen molar-refractivity contribution in [2.45, 2.75) is 6.04 Å². The van der Waals surface area contributed by atoms with Crippen molar-refractivity contribution in [3.63, 3.8) is 0 Å². The van der Waals surface area contributed by atoms with Crippen LogP contribution in [0.4, 0.5) is 0 Å². The summed E-state index contributed by atoms with van der Waals surface area (Å²) in [6.45, 7) is 5.61. The summed E-state index contributed by atoms with van der Waals surface area (Å²) >= 11 is 0. The number of halogens is 2. The Morgan fingerprint density at radius 1 is 1.25 bits per heavy atom. The summed E-state index contributed by atoms with van der Waals surface area (Å²) in [7, 11) is 0. The Hall–Kier alpha value is -0.950. The molecule has 2 aliphatic heterocycles.